The van der Waals surface area contributed by atoms with E-state index in [0.717, 1.165) is 5.56 Å². The summed E-state index contributed by atoms with van der Waals surface area (Å²) in [6.45, 7) is 1.72. The fraction of sp³-hybridized carbons (Fsp3) is 0.111. The number of para-hydroxylation sites is 1. The number of nitrogens with zero attached hydrogens (tertiary/aromatic N) is 2. The van der Waals surface area contributed by atoms with Crippen LogP contribution in [0, 0.1) is 0 Å². The molecule has 0 atom stereocenters. The number of benzene rings is 3. The lowest BCUT2D eigenvalue weighted by Gasteiger charge is -2.10. The van der Waals surface area contributed by atoms with Crippen LogP contribution in [0.3, 0.4) is 0 Å². The maximum atomic E-state index is 13.1. The average Bonchev–Trinajstić information content (AvgIpc) is 2.88. The molecule has 1 N–H and O–H groups in total. The summed E-state index contributed by atoms with van der Waals surface area (Å²) in [7, 11) is 0. The van der Waals surface area contributed by atoms with Crippen LogP contribution in [-0.2, 0) is 9.53 Å². The highest BCUT2D eigenvalue weighted by atomic mass is 35.5. The number of ether oxygens (including phenoxy) is 2. The van der Waals surface area contributed by atoms with Gasteiger partial charge in [-0.05, 0) is 37.3 Å². The molecule has 1 amide bonds. The average molecular weight is 488 g/mol. The number of fused-ring (bicyclic) bond motifs is 1. The van der Waals surface area contributed by atoms with Gasteiger partial charge in [0.1, 0.15) is 5.75 Å². The first-order chi connectivity index (χ1) is 17.0. The molecule has 0 saturated heterocycles. The molecule has 4 rings (SSSR count). The summed E-state index contributed by atoms with van der Waals surface area (Å²) in [6.07, 6.45) is 1.41. The molecule has 3 aromatic carbocycles. The number of hydrogen-bond donors (Lipinski definition) is 1. The number of carbonyl (C=O) groups is 2. The highest BCUT2D eigenvalue weighted by molar-refractivity contribution is 6.31. The molecule has 0 radical (unpaired) electrons. The summed E-state index contributed by atoms with van der Waals surface area (Å²) in [6, 6.07) is 23.7. The second-order valence-corrected chi connectivity index (χ2v) is 7.85. The predicted molar refractivity (Wildman–Crippen MR) is 136 cm³/mol. The van der Waals surface area contributed by atoms with Crippen LogP contribution in [-0.4, -0.2) is 36.3 Å². The first-order valence-corrected chi connectivity index (χ1v) is 11.3. The Morgan fingerprint density at radius 1 is 1.03 bits per heavy atom. The van der Waals surface area contributed by atoms with Crippen molar-refractivity contribution in [2.24, 2.45) is 5.10 Å². The Morgan fingerprint density at radius 2 is 1.80 bits per heavy atom. The third kappa shape index (κ3) is 6.02. The molecule has 176 valence electrons. The summed E-state index contributed by atoms with van der Waals surface area (Å²) in [5, 5.41) is 5.25. The van der Waals surface area contributed by atoms with E-state index in [4.69, 9.17) is 26.1 Å². The van der Waals surface area contributed by atoms with Gasteiger partial charge in [-0.3, -0.25) is 4.79 Å². The molecule has 0 fully saturated rings. The van der Waals surface area contributed by atoms with Crippen LogP contribution in [0.5, 0.6) is 5.75 Å². The van der Waals surface area contributed by atoms with Gasteiger partial charge in [-0.1, -0.05) is 60.1 Å². The summed E-state index contributed by atoms with van der Waals surface area (Å²) in [4.78, 5) is 29.4. The van der Waals surface area contributed by atoms with Crippen LogP contribution in [0.2, 0.25) is 5.02 Å². The van der Waals surface area contributed by atoms with Crippen LogP contribution in [0.15, 0.2) is 84.0 Å². The number of halogens is 1. The number of esters is 1. The van der Waals surface area contributed by atoms with Crippen LogP contribution in [0.1, 0.15) is 22.8 Å². The van der Waals surface area contributed by atoms with E-state index in [2.05, 4.69) is 10.5 Å². The van der Waals surface area contributed by atoms with Crippen LogP contribution >= 0.6 is 11.6 Å². The van der Waals surface area contributed by atoms with Crippen LogP contribution < -0.4 is 10.2 Å². The Hall–Kier alpha value is -4.23. The number of aromatic nitrogens is 1. The molecule has 0 spiro atoms. The zero-order valence-electron chi connectivity index (χ0n) is 18.9. The van der Waals surface area contributed by atoms with Crippen molar-refractivity contribution in [2.75, 3.05) is 13.2 Å². The fourth-order valence-electron chi connectivity index (χ4n) is 3.43. The van der Waals surface area contributed by atoms with Crippen molar-refractivity contribution in [1.29, 1.82) is 0 Å². The molecule has 1 aromatic heterocycles. The number of pyridine rings is 1. The zero-order chi connectivity index (χ0) is 24.6. The summed E-state index contributed by atoms with van der Waals surface area (Å²) in [5.41, 5.74) is 5.78. The molecule has 0 aliphatic heterocycles. The lowest BCUT2D eigenvalue weighted by Crippen LogP contribution is -2.18. The highest BCUT2D eigenvalue weighted by Crippen LogP contribution is 2.25. The molecule has 0 saturated carbocycles. The molecule has 7 nitrogen and oxygen atoms in total. The first-order valence-electron chi connectivity index (χ1n) is 10.9. The standard InChI is InChI=1S/C27H22ClN3O4/c1-2-34-26(32)17-35-25-13-12-20(28)14-19(25)16-29-31-27(33)22-15-24(18-8-4-3-5-9-18)30-23-11-7-6-10-21(22)23/h3-16H,2,17H2,1H3,(H,31,33)/b29-16-. The van der Waals surface area contributed by atoms with Gasteiger partial charge in [-0.2, -0.15) is 5.10 Å². The van der Waals surface area contributed by atoms with Gasteiger partial charge in [0, 0.05) is 21.5 Å². The third-order valence-electron chi connectivity index (χ3n) is 5.02. The van der Waals surface area contributed by atoms with Crippen LogP contribution in [0.4, 0.5) is 0 Å². The SMILES string of the molecule is CCOC(=O)COc1ccc(Cl)cc1/C=N\NC(=O)c1cc(-c2ccccc2)nc2ccccc12. The summed E-state index contributed by atoms with van der Waals surface area (Å²) < 4.78 is 10.4. The van der Waals surface area contributed by atoms with Crippen molar-refractivity contribution in [3.63, 3.8) is 0 Å². The molecule has 4 aromatic rings. The molecular formula is C27H22ClN3O4. The van der Waals surface area contributed by atoms with Crippen molar-refractivity contribution in [1.82, 2.24) is 10.4 Å². The van der Waals surface area contributed by atoms with Gasteiger partial charge in [0.05, 0.1) is 29.6 Å². The van der Waals surface area contributed by atoms with E-state index in [1.807, 2.05) is 54.6 Å². The Labute approximate surface area is 207 Å². The number of hydrazone groups is 1. The quantitative estimate of drug-likeness (QED) is 0.208. The van der Waals surface area contributed by atoms with Crippen molar-refractivity contribution in [2.45, 2.75) is 6.92 Å². The number of carbonyl (C=O) groups excluding carboxylic acids is 2. The van der Waals surface area contributed by atoms with Gasteiger partial charge in [0.25, 0.3) is 5.91 Å². The van der Waals surface area contributed by atoms with Gasteiger partial charge in [-0.15, -0.1) is 0 Å². The molecular weight excluding hydrogens is 466 g/mol. The molecule has 0 aliphatic carbocycles. The molecule has 8 heteroatoms. The Bertz CT molecular complexity index is 1390. The highest BCUT2D eigenvalue weighted by Gasteiger charge is 2.14. The Balaban J connectivity index is 1.57. The summed E-state index contributed by atoms with van der Waals surface area (Å²) in [5.74, 6) is -0.508. The van der Waals surface area contributed by atoms with Crippen molar-refractivity contribution in [3.8, 4) is 17.0 Å². The largest absolute Gasteiger partial charge is 0.481 e. The minimum atomic E-state index is -0.488. The van der Waals surface area contributed by atoms with Gasteiger partial charge in [-0.25, -0.2) is 15.2 Å². The molecule has 0 aliphatic rings. The smallest absolute Gasteiger partial charge is 0.344 e. The monoisotopic (exact) mass is 487 g/mol. The molecule has 1 heterocycles. The topological polar surface area (TPSA) is 89.9 Å². The predicted octanol–water partition coefficient (Wildman–Crippen LogP) is 5.26. The van der Waals surface area contributed by atoms with Crippen molar-refractivity contribution >= 4 is 40.6 Å². The molecule has 35 heavy (non-hydrogen) atoms. The Morgan fingerprint density at radius 3 is 2.60 bits per heavy atom. The van der Waals surface area contributed by atoms with E-state index in [-0.39, 0.29) is 13.2 Å². The lowest BCUT2D eigenvalue weighted by molar-refractivity contribution is -0.145. The maximum Gasteiger partial charge on any atom is 0.344 e. The van der Waals surface area contributed by atoms with E-state index in [1.165, 1.54) is 6.21 Å². The van der Waals surface area contributed by atoms with Gasteiger partial charge < -0.3 is 9.47 Å². The number of rotatable bonds is 8. The third-order valence-corrected chi connectivity index (χ3v) is 5.26. The van der Waals surface area contributed by atoms with E-state index in [0.29, 0.717) is 38.5 Å². The van der Waals surface area contributed by atoms with Crippen molar-refractivity contribution in [3.05, 3.63) is 95.0 Å². The second-order valence-electron chi connectivity index (χ2n) is 7.41. The minimum absolute atomic E-state index is 0.256. The van der Waals surface area contributed by atoms with Gasteiger partial charge in [0.15, 0.2) is 6.61 Å². The van der Waals surface area contributed by atoms with Gasteiger partial charge >= 0.3 is 5.97 Å². The van der Waals surface area contributed by atoms with E-state index >= 15 is 0 Å². The first kappa shape index (κ1) is 23.9. The van der Waals surface area contributed by atoms with Gasteiger partial charge in [0.2, 0.25) is 0 Å². The zero-order valence-corrected chi connectivity index (χ0v) is 19.7. The number of hydrogen-bond acceptors (Lipinski definition) is 6. The second kappa shape index (κ2) is 11.3. The normalized spacial score (nSPS) is 10.9. The lowest BCUT2D eigenvalue weighted by atomic mass is 10.0. The Kier molecular flexibility index (Phi) is 7.70. The van der Waals surface area contributed by atoms with Crippen molar-refractivity contribution < 1.29 is 19.1 Å². The number of amides is 1. The van der Waals surface area contributed by atoms with Crippen LogP contribution in [0.25, 0.3) is 22.2 Å². The molecule has 0 unspecified atom stereocenters. The molecule has 0 bridgehead atoms. The minimum Gasteiger partial charge on any atom is -0.481 e. The maximum absolute atomic E-state index is 13.1. The fourth-order valence-corrected chi connectivity index (χ4v) is 3.61. The van der Waals surface area contributed by atoms with E-state index in [9.17, 15) is 9.59 Å². The van der Waals surface area contributed by atoms with E-state index in [1.54, 1.807) is 31.2 Å². The number of nitrogens with one attached hydrogen (secondary N) is 1. The summed E-state index contributed by atoms with van der Waals surface area (Å²) >= 11 is 6.10. The van der Waals surface area contributed by atoms with E-state index < -0.39 is 11.9 Å².